The molecular formula is C20H20F2N2O2. The fourth-order valence-electron chi connectivity index (χ4n) is 3.12. The molecule has 1 heterocycles. The second-order valence-electron chi connectivity index (χ2n) is 6.50. The number of anilines is 1. The number of carbonyl (C=O) groups is 2. The van der Waals surface area contributed by atoms with Crippen molar-refractivity contribution in [2.24, 2.45) is 5.92 Å². The number of halogens is 2. The van der Waals surface area contributed by atoms with Gasteiger partial charge in [0.25, 0.3) is 0 Å². The molecule has 1 saturated heterocycles. The van der Waals surface area contributed by atoms with Crippen molar-refractivity contribution < 1.29 is 18.4 Å². The highest BCUT2D eigenvalue weighted by Gasteiger charge is 2.31. The Kier molecular flexibility index (Phi) is 5.30. The molecule has 0 bridgehead atoms. The van der Waals surface area contributed by atoms with Crippen LogP contribution in [0.5, 0.6) is 0 Å². The monoisotopic (exact) mass is 358 g/mol. The van der Waals surface area contributed by atoms with Gasteiger partial charge in [0.1, 0.15) is 11.6 Å². The number of carbonyl (C=O) groups excluding carboxylic acids is 2. The minimum Gasteiger partial charge on any atom is -0.349 e. The highest BCUT2D eigenvalue weighted by Crippen LogP contribution is 2.25. The molecule has 6 heteroatoms. The molecule has 2 aromatic carbocycles. The van der Waals surface area contributed by atoms with Gasteiger partial charge in [0.15, 0.2) is 0 Å². The van der Waals surface area contributed by atoms with Crippen LogP contribution in [-0.4, -0.2) is 18.4 Å². The third kappa shape index (κ3) is 4.07. The lowest BCUT2D eigenvalue weighted by Crippen LogP contribution is -2.46. The van der Waals surface area contributed by atoms with Crippen LogP contribution in [0.25, 0.3) is 0 Å². The fourth-order valence-corrected chi connectivity index (χ4v) is 3.12. The first-order chi connectivity index (χ1) is 12.4. The number of amides is 2. The van der Waals surface area contributed by atoms with Crippen LogP contribution in [0.3, 0.4) is 0 Å². The van der Waals surface area contributed by atoms with Gasteiger partial charge < -0.3 is 10.2 Å². The van der Waals surface area contributed by atoms with Crippen LogP contribution in [-0.2, 0) is 9.59 Å². The molecule has 1 aliphatic heterocycles. The Morgan fingerprint density at radius 2 is 1.88 bits per heavy atom. The third-order valence-corrected chi connectivity index (χ3v) is 4.63. The lowest BCUT2D eigenvalue weighted by Gasteiger charge is -2.32. The maximum atomic E-state index is 13.4. The molecule has 1 N–H and O–H groups in total. The summed E-state index contributed by atoms with van der Waals surface area (Å²) in [5, 5.41) is 2.91. The summed E-state index contributed by atoms with van der Waals surface area (Å²) in [5.41, 5.74) is 1.26. The normalized spacial score (nSPS) is 18.5. The van der Waals surface area contributed by atoms with Gasteiger partial charge in [0.2, 0.25) is 11.8 Å². The predicted octanol–water partition coefficient (Wildman–Crippen LogP) is 3.59. The molecule has 0 saturated carbocycles. The van der Waals surface area contributed by atoms with Crippen molar-refractivity contribution in [1.82, 2.24) is 5.32 Å². The Balaban J connectivity index is 1.67. The van der Waals surface area contributed by atoms with Crippen molar-refractivity contribution in [3.8, 4) is 0 Å². The number of hydrogen-bond donors (Lipinski definition) is 1. The maximum Gasteiger partial charge on any atom is 0.227 e. The number of piperidine rings is 1. The first kappa shape index (κ1) is 18.0. The molecule has 26 heavy (non-hydrogen) atoms. The zero-order chi connectivity index (χ0) is 18.7. The molecule has 2 atom stereocenters. The molecule has 0 aliphatic carbocycles. The van der Waals surface area contributed by atoms with E-state index in [1.165, 1.54) is 35.2 Å². The van der Waals surface area contributed by atoms with E-state index in [1.807, 2.05) is 6.92 Å². The van der Waals surface area contributed by atoms with Gasteiger partial charge in [-0.05, 0) is 49.2 Å². The summed E-state index contributed by atoms with van der Waals surface area (Å²) in [5.74, 6) is -1.42. The van der Waals surface area contributed by atoms with Crippen LogP contribution in [0.2, 0.25) is 0 Å². The average Bonchev–Trinajstić information content (AvgIpc) is 2.62. The molecule has 136 valence electrons. The lowest BCUT2D eigenvalue weighted by atomic mass is 9.95. The highest BCUT2D eigenvalue weighted by molar-refractivity contribution is 5.96. The van der Waals surface area contributed by atoms with Crippen LogP contribution in [0, 0.1) is 17.6 Å². The molecule has 2 amide bonds. The second kappa shape index (κ2) is 7.64. The molecular weight excluding hydrogens is 338 g/mol. The highest BCUT2D eigenvalue weighted by atomic mass is 19.1. The van der Waals surface area contributed by atoms with Crippen molar-refractivity contribution in [3.63, 3.8) is 0 Å². The van der Waals surface area contributed by atoms with Crippen molar-refractivity contribution in [2.45, 2.75) is 25.8 Å². The summed E-state index contributed by atoms with van der Waals surface area (Å²) >= 11 is 0. The minimum absolute atomic E-state index is 0.119. The molecule has 1 aliphatic rings. The Hall–Kier alpha value is -2.76. The smallest absolute Gasteiger partial charge is 0.227 e. The number of nitrogens with one attached hydrogen (secondary N) is 1. The largest absolute Gasteiger partial charge is 0.349 e. The SMILES string of the molecule is C[C@@H](NC(=O)C1CCC(=O)N(c2cccc(F)c2)C1)c1ccc(F)cc1. The topological polar surface area (TPSA) is 49.4 Å². The molecule has 1 fully saturated rings. The number of hydrogen-bond acceptors (Lipinski definition) is 2. The second-order valence-corrected chi connectivity index (χ2v) is 6.50. The van der Waals surface area contributed by atoms with E-state index in [0.717, 1.165) is 5.56 Å². The van der Waals surface area contributed by atoms with Gasteiger partial charge in [-0.25, -0.2) is 8.78 Å². The molecule has 2 aromatic rings. The lowest BCUT2D eigenvalue weighted by molar-refractivity contribution is -0.128. The molecule has 4 nitrogen and oxygen atoms in total. The van der Waals surface area contributed by atoms with Crippen molar-refractivity contribution >= 4 is 17.5 Å². The van der Waals surface area contributed by atoms with E-state index in [1.54, 1.807) is 18.2 Å². The summed E-state index contributed by atoms with van der Waals surface area (Å²) in [7, 11) is 0. The minimum atomic E-state index is -0.424. The van der Waals surface area contributed by atoms with E-state index in [4.69, 9.17) is 0 Å². The number of nitrogens with zero attached hydrogens (tertiary/aromatic N) is 1. The molecule has 3 rings (SSSR count). The summed E-state index contributed by atoms with van der Waals surface area (Å²) in [4.78, 5) is 26.2. The standard InChI is InChI=1S/C20H20F2N2O2/c1-13(14-5-8-16(21)9-6-14)23-20(26)15-7-10-19(25)24(12-15)18-4-2-3-17(22)11-18/h2-6,8-9,11,13,15H,7,10,12H2,1H3,(H,23,26)/t13-,15?/m1/s1. The van der Waals surface area contributed by atoms with Gasteiger partial charge in [0, 0.05) is 18.7 Å². The summed E-state index contributed by atoms with van der Waals surface area (Å²) in [6.07, 6.45) is 0.687. The quantitative estimate of drug-likeness (QED) is 0.908. The molecule has 0 radical (unpaired) electrons. The summed E-state index contributed by atoms with van der Waals surface area (Å²) < 4.78 is 26.5. The van der Waals surface area contributed by atoms with E-state index < -0.39 is 5.82 Å². The van der Waals surface area contributed by atoms with Gasteiger partial charge in [-0.2, -0.15) is 0 Å². The van der Waals surface area contributed by atoms with Crippen molar-refractivity contribution in [3.05, 3.63) is 65.7 Å². The summed E-state index contributed by atoms with van der Waals surface area (Å²) in [6, 6.07) is 11.5. The van der Waals surface area contributed by atoms with E-state index >= 15 is 0 Å². The van der Waals surface area contributed by atoms with Gasteiger partial charge in [-0.1, -0.05) is 18.2 Å². The van der Waals surface area contributed by atoms with E-state index in [9.17, 15) is 18.4 Å². The van der Waals surface area contributed by atoms with Gasteiger partial charge in [-0.15, -0.1) is 0 Å². The first-order valence-corrected chi connectivity index (χ1v) is 8.56. The third-order valence-electron chi connectivity index (χ3n) is 4.63. The average molecular weight is 358 g/mol. The van der Waals surface area contributed by atoms with Crippen LogP contribution in [0.1, 0.15) is 31.4 Å². The van der Waals surface area contributed by atoms with E-state index in [-0.39, 0.29) is 42.6 Å². The van der Waals surface area contributed by atoms with Gasteiger partial charge in [0.05, 0.1) is 12.0 Å². The fraction of sp³-hybridized carbons (Fsp3) is 0.300. The zero-order valence-electron chi connectivity index (χ0n) is 14.4. The van der Waals surface area contributed by atoms with Crippen LogP contribution in [0.4, 0.5) is 14.5 Å². The number of rotatable bonds is 4. The number of benzene rings is 2. The summed E-state index contributed by atoms with van der Waals surface area (Å²) in [6.45, 7) is 2.04. The molecule has 0 spiro atoms. The maximum absolute atomic E-state index is 13.4. The Morgan fingerprint density at radius 1 is 1.15 bits per heavy atom. The van der Waals surface area contributed by atoms with Gasteiger partial charge >= 0.3 is 0 Å². The van der Waals surface area contributed by atoms with Crippen LogP contribution >= 0.6 is 0 Å². The Bertz CT molecular complexity index is 808. The Labute approximate surface area is 150 Å². The first-order valence-electron chi connectivity index (χ1n) is 8.56. The van der Waals surface area contributed by atoms with Crippen molar-refractivity contribution in [2.75, 3.05) is 11.4 Å². The van der Waals surface area contributed by atoms with Crippen LogP contribution < -0.4 is 10.2 Å². The van der Waals surface area contributed by atoms with E-state index in [0.29, 0.717) is 12.1 Å². The predicted molar refractivity (Wildman–Crippen MR) is 94.4 cm³/mol. The Morgan fingerprint density at radius 3 is 2.58 bits per heavy atom. The van der Waals surface area contributed by atoms with Gasteiger partial charge in [-0.3, -0.25) is 9.59 Å². The molecule has 1 unspecified atom stereocenters. The molecule has 0 aromatic heterocycles. The zero-order valence-corrected chi connectivity index (χ0v) is 14.4. The van der Waals surface area contributed by atoms with Crippen LogP contribution in [0.15, 0.2) is 48.5 Å². The van der Waals surface area contributed by atoms with Crippen molar-refractivity contribution in [1.29, 1.82) is 0 Å². The van der Waals surface area contributed by atoms with E-state index in [2.05, 4.69) is 5.32 Å².